The van der Waals surface area contributed by atoms with Crippen LogP contribution in [0.1, 0.15) is 0 Å². The second kappa shape index (κ2) is 6.12. The van der Waals surface area contributed by atoms with E-state index in [1.165, 1.54) is 18.2 Å². The van der Waals surface area contributed by atoms with Crippen LogP contribution in [0.4, 0.5) is 10.1 Å². The zero-order valence-electron chi connectivity index (χ0n) is 8.23. The fourth-order valence-corrected chi connectivity index (χ4v) is 1.50. The monoisotopic (exact) mass is 242 g/mol. The Balaban J connectivity index is 2.40. The number of carbonyl (C=O) groups is 2. The van der Waals surface area contributed by atoms with Crippen LogP contribution in [0, 0.1) is 5.82 Å². The van der Waals surface area contributed by atoms with Crippen molar-refractivity contribution in [1.29, 1.82) is 0 Å². The Bertz CT molecular complexity index is 397. The number of anilines is 1. The van der Waals surface area contributed by atoms with Crippen molar-refractivity contribution in [2.75, 3.05) is 16.8 Å². The Hall–Kier alpha value is -1.56. The maximum Gasteiger partial charge on any atom is 0.234 e. The summed E-state index contributed by atoms with van der Waals surface area (Å²) in [4.78, 5) is 21.3. The molecule has 1 N–H and O–H groups in total. The molecule has 1 rings (SSSR count). The number of carbonyl (C=O) groups excluding carboxylic acids is 2. The van der Waals surface area contributed by atoms with E-state index in [-0.39, 0.29) is 17.2 Å². The summed E-state index contributed by atoms with van der Waals surface area (Å²) >= 11 is 0.898. The molecule has 0 saturated heterocycles. The maximum absolute atomic E-state index is 13.1. The van der Waals surface area contributed by atoms with Crippen LogP contribution in [0.3, 0.4) is 0 Å². The van der Waals surface area contributed by atoms with Gasteiger partial charge in [0.25, 0.3) is 0 Å². The van der Waals surface area contributed by atoms with E-state index in [0.29, 0.717) is 0 Å². The van der Waals surface area contributed by atoms with Gasteiger partial charge in [-0.2, -0.15) is 0 Å². The third-order valence-electron chi connectivity index (χ3n) is 1.60. The van der Waals surface area contributed by atoms with E-state index < -0.39 is 17.7 Å². The van der Waals surface area contributed by atoms with Crippen LogP contribution < -0.4 is 10.4 Å². The lowest BCUT2D eigenvalue weighted by Gasteiger charge is -2.06. The number of nitrogens with one attached hydrogen (secondary N) is 1. The summed E-state index contributed by atoms with van der Waals surface area (Å²) < 4.78 is 13.1. The summed E-state index contributed by atoms with van der Waals surface area (Å²) in [5.41, 5.74) is 0.0848. The van der Waals surface area contributed by atoms with Crippen molar-refractivity contribution in [2.24, 2.45) is 0 Å². The molecular formula is C10H9FNO3S-. The van der Waals surface area contributed by atoms with Crippen molar-refractivity contribution < 1.29 is 19.1 Å². The highest BCUT2D eigenvalue weighted by atomic mass is 32.2. The van der Waals surface area contributed by atoms with E-state index in [4.69, 9.17) is 0 Å². The Labute approximate surface area is 95.8 Å². The number of thioether (sulfide) groups is 1. The minimum atomic E-state index is -1.23. The highest BCUT2D eigenvalue weighted by Crippen LogP contribution is 2.12. The van der Waals surface area contributed by atoms with Crippen molar-refractivity contribution >= 4 is 29.3 Å². The number of carboxylic acid groups (broad SMARTS) is 1. The van der Waals surface area contributed by atoms with Crippen LogP contribution >= 0.6 is 11.8 Å². The molecule has 0 radical (unpaired) electrons. The van der Waals surface area contributed by atoms with Gasteiger partial charge in [0, 0.05) is 5.75 Å². The molecule has 1 aromatic rings. The summed E-state index contributed by atoms with van der Waals surface area (Å²) in [6.45, 7) is 0. The SMILES string of the molecule is O=C([O-])CSCC(=O)Nc1ccccc1F. The molecule has 86 valence electrons. The second-order valence-corrected chi connectivity index (χ2v) is 3.88. The maximum atomic E-state index is 13.1. The van der Waals surface area contributed by atoms with Crippen LogP contribution in [-0.4, -0.2) is 23.4 Å². The van der Waals surface area contributed by atoms with Gasteiger partial charge in [-0.15, -0.1) is 11.8 Å². The summed E-state index contributed by atoms with van der Waals surface area (Å²) in [5, 5.41) is 12.4. The molecule has 0 bridgehead atoms. The lowest BCUT2D eigenvalue weighted by Crippen LogP contribution is -2.25. The first-order valence-corrected chi connectivity index (χ1v) is 5.57. The molecule has 0 aliphatic rings. The van der Waals surface area contributed by atoms with E-state index in [1.54, 1.807) is 6.07 Å². The standard InChI is InChI=1S/C10H10FNO3S/c11-7-3-1-2-4-8(7)12-9(13)5-16-6-10(14)15/h1-4H,5-6H2,(H,12,13)(H,14,15)/p-1. The largest absolute Gasteiger partial charge is 0.549 e. The molecule has 16 heavy (non-hydrogen) atoms. The minimum absolute atomic E-state index is 0.0533. The molecule has 1 amide bonds. The summed E-state index contributed by atoms with van der Waals surface area (Å²) in [6.07, 6.45) is 0. The van der Waals surface area contributed by atoms with Gasteiger partial charge in [-0.05, 0) is 12.1 Å². The first kappa shape index (κ1) is 12.5. The van der Waals surface area contributed by atoms with Crippen LogP contribution in [0.2, 0.25) is 0 Å². The number of hydrogen-bond acceptors (Lipinski definition) is 4. The van der Waals surface area contributed by atoms with Gasteiger partial charge in [-0.25, -0.2) is 4.39 Å². The van der Waals surface area contributed by atoms with E-state index in [1.807, 2.05) is 0 Å². The number of hydrogen-bond donors (Lipinski definition) is 1. The Morgan fingerprint density at radius 1 is 1.31 bits per heavy atom. The van der Waals surface area contributed by atoms with Crippen molar-refractivity contribution in [1.82, 2.24) is 0 Å². The van der Waals surface area contributed by atoms with Crippen LogP contribution in [-0.2, 0) is 9.59 Å². The molecule has 0 spiro atoms. The quantitative estimate of drug-likeness (QED) is 0.803. The molecule has 0 aromatic heterocycles. The number of rotatable bonds is 5. The van der Waals surface area contributed by atoms with Gasteiger partial charge in [-0.1, -0.05) is 12.1 Å². The van der Waals surface area contributed by atoms with Crippen molar-refractivity contribution in [2.45, 2.75) is 0 Å². The molecule has 0 saturated carbocycles. The van der Waals surface area contributed by atoms with Crippen LogP contribution in [0.25, 0.3) is 0 Å². The molecule has 0 aliphatic heterocycles. The molecule has 4 nitrogen and oxygen atoms in total. The average Bonchev–Trinajstić information content (AvgIpc) is 2.21. The molecule has 1 aromatic carbocycles. The van der Waals surface area contributed by atoms with Gasteiger partial charge in [-0.3, -0.25) is 4.79 Å². The second-order valence-electron chi connectivity index (χ2n) is 2.89. The molecular weight excluding hydrogens is 233 g/mol. The van der Waals surface area contributed by atoms with E-state index in [2.05, 4.69) is 5.32 Å². The Kier molecular flexibility index (Phi) is 4.78. The summed E-state index contributed by atoms with van der Waals surface area (Å²) in [7, 11) is 0. The first-order chi connectivity index (χ1) is 7.59. The molecule has 0 heterocycles. The number of aliphatic carboxylic acids is 1. The Morgan fingerprint density at radius 2 is 2.00 bits per heavy atom. The van der Waals surface area contributed by atoms with E-state index in [0.717, 1.165) is 11.8 Å². The molecule has 6 heteroatoms. The zero-order chi connectivity index (χ0) is 12.0. The van der Waals surface area contributed by atoms with Crippen LogP contribution in [0.15, 0.2) is 24.3 Å². The number of carboxylic acids is 1. The van der Waals surface area contributed by atoms with Crippen molar-refractivity contribution in [3.05, 3.63) is 30.1 Å². The molecule has 0 fully saturated rings. The van der Waals surface area contributed by atoms with Crippen molar-refractivity contribution in [3.8, 4) is 0 Å². The van der Waals surface area contributed by atoms with Gasteiger partial charge in [0.1, 0.15) is 5.82 Å². The molecule has 0 unspecified atom stereocenters. The third-order valence-corrected chi connectivity index (χ3v) is 2.51. The summed E-state index contributed by atoms with van der Waals surface area (Å²) in [6, 6.07) is 5.75. The predicted molar refractivity (Wildman–Crippen MR) is 57.4 cm³/mol. The normalized spacial score (nSPS) is 9.81. The molecule has 0 aliphatic carbocycles. The summed E-state index contributed by atoms with van der Waals surface area (Å²) in [5.74, 6) is -2.52. The lowest BCUT2D eigenvalue weighted by molar-refractivity contribution is -0.301. The van der Waals surface area contributed by atoms with Crippen molar-refractivity contribution in [3.63, 3.8) is 0 Å². The highest BCUT2D eigenvalue weighted by molar-refractivity contribution is 8.00. The fourth-order valence-electron chi connectivity index (χ4n) is 0.976. The van der Waals surface area contributed by atoms with Gasteiger partial charge in [0.2, 0.25) is 5.91 Å². The predicted octanol–water partition coefficient (Wildman–Crippen LogP) is 0.247. The molecule has 0 atom stereocenters. The lowest BCUT2D eigenvalue weighted by atomic mass is 10.3. The number of benzene rings is 1. The third kappa shape index (κ3) is 4.31. The van der Waals surface area contributed by atoms with Gasteiger partial charge < -0.3 is 15.2 Å². The number of para-hydroxylation sites is 1. The average molecular weight is 242 g/mol. The number of amides is 1. The highest BCUT2D eigenvalue weighted by Gasteiger charge is 2.05. The van der Waals surface area contributed by atoms with Gasteiger partial charge in [0.05, 0.1) is 17.4 Å². The fraction of sp³-hybridized carbons (Fsp3) is 0.200. The van der Waals surface area contributed by atoms with E-state index >= 15 is 0 Å². The minimum Gasteiger partial charge on any atom is -0.549 e. The van der Waals surface area contributed by atoms with Crippen LogP contribution in [0.5, 0.6) is 0 Å². The first-order valence-electron chi connectivity index (χ1n) is 4.41. The number of halogens is 1. The Morgan fingerprint density at radius 3 is 2.62 bits per heavy atom. The topological polar surface area (TPSA) is 69.2 Å². The van der Waals surface area contributed by atoms with E-state index in [9.17, 15) is 19.1 Å². The van der Waals surface area contributed by atoms with Gasteiger partial charge in [0.15, 0.2) is 0 Å². The smallest absolute Gasteiger partial charge is 0.234 e. The zero-order valence-corrected chi connectivity index (χ0v) is 9.05. The van der Waals surface area contributed by atoms with Gasteiger partial charge >= 0.3 is 0 Å².